The number of imide groups is 1. The molecule has 0 spiro atoms. The summed E-state index contributed by atoms with van der Waals surface area (Å²) in [5.74, 6) is -0.566. The standard InChI is InChI=1S/C23H18F2N4O2/c1-23(16-10-6-8-14-7-2-3-9-15(14)16)20(30)28(22(31)27-23)13-19-26-17-11-4-5-12-18(17)29(19)21(24)25/h2-12,21H,13H2,1H3,(H,27,31). The minimum Gasteiger partial charge on any atom is -0.319 e. The summed E-state index contributed by atoms with van der Waals surface area (Å²) in [5, 5.41) is 4.52. The first-order valence-corrected chi connectivity index (χ1v) is 9.76. The van der Waals surface area contributed by atoms with E-state index in [2.05, 4.69) is 10.3 Å². The van der Waals surface area contributed by atoms with Gasteiger partial charge < -0.3 is 5.32 Å². The van der Waals surface area contributed by atoms with Crippen molar-refractivity contribution in [2.45, 2.75) is 25.6 Å². The Balaban J connectivity index is 1.56. The van der Waals surface area contributed by atoms with Crippen LogP contribution >= 0.6 is 0 Å². The molecule has 6 nitrogen and oxygen atoms in total. The van der Waals surface area contributed by atoms with Crippen LogP contribution in [0.3, 0.4) is 0 Å². The Morgan fingerprint density at radius 3 is 2.52 bits per heavy atom. The molecular formula is C23H18F2N4O2. The number of imidazole rings is 1. The van der Waals surface area contributed by atoms with Crippen LogP contribution in [0.25, 0.3) is 21.8 Å². The molecule has 156 valence electrons. The van der Waals surface area contributed by atoms with E-state index in [4.69, 9.17) is 0 Å². The van der Waals surface area contributed by atoms with Crippen LogP contribution in [0.4, 0.5) is 13.6 Å². The zero-order chi connectivity index (χ0) is 21.8. The van der Waals surface area contributed by atoms with E-state index in [0.29, 0.717) is 11.1 Å². The van der Waals surface area contributed by atoms with Crippen LogP contribution in [0, 0.1) is 0 Å². The number of nitrogens with zero attached hydrogens (tertiary/aromatic N) is 3. The second kappa shape index (κ2) is 6.87. The number of rotatable bonds is 4. The van der Waals surface area contributed by atoms with Crippen LogP contribution in [0.1, 0.15) is 24.9 Å². The molecule has 1 fully saturated rings. The lowest BCUT2D eigenvalue weighted by Crippen LogP contribution is -2.41. The fourth-order valence-electron chi connectivity index (χ4n) is 4.25. The number of nitrogens with one attached hydrogen (secondary N) is 1. The van der Waals surface area contributed by atoms with E-state index in [1.807, 2.05) is 36.4 Å². The van der Waals surface area contributed by atoms with Crippen molar-refractivity contribution >= 4 is 33.7 Å². The monoisotopic (exact) mass is 420 g/mol. The van der Waals surface area contributed by atoms with Gasteiger partial charge in [-0.3, -0.25) is 14.3 Å². The van der Waals surface area contributed by atoms with Gasteiger partial charge >= 0.3 is 12.6 Å². The van der Waals surface area contributed by atoms with Crippen molar-refractivity contribution in [3.63, 3.8) is 0 Å². The van der Waals surface area contributed by atoms with E-state index < -0.39 is 24.0 Å². The molecule has 31 heavy (non-hydrogen) atoms. The van der Waals surface area contributed by atoms with Crippen LogP contribution in [-0.4, -0.2) is 26.4 Å². The molecule has 3 amide bonds. The lowest BCUT2D eigenvalue weighted by molar-refractivity contribution is -0.131. The SMILES string of the molecule is CC1(c2cccc3ccccc23)NC(=O)N(Cc2nc3ccccc3n2C(F)F)C1=O. The van der Waals surface area contributed by atoms with Gasteiger partial charge in [-0.15, -0.1) is 0 Å². The van der Waals surface area contributed by atoms with Crippen molar-refractivity contribution < 1.29 is 18.4 Å². The van der Waals surface area contributed by atoms with E-state index in [9.17, 15) is 18.4 Å². The molecule has 0 saturated carbocycles. The molecule has 1 saturated heterocycles. The third kappa shape index (κ3) is 2.86. The normalized spacial score (nSPS) is 19.0. The van der Waals surface area contributed by atoms with Crippen LogP contribution in [-0.2, 0) is 16.9 Å². The summed E-state index contributed by atoms with van der Waals surface area (Å²) in [4.78, 5) is 31.4. The number of carbonyl (C=O) groups is 2. The number of alkyl halides is 2. The maximum absolute atomic E-state index is 13.8. The predicted octanol–water partition coefficient (Wildman–Crippen LogP) is 4.55. The number of para-hydroxylation sites is 2. The minimum absolute atomic E-state index is 0.0538. The zero-order valence-electron chi connectivity index (χ0n) is 16.5. The lowest BCUT2D eigenvalue weighted by Gasteiger charge is -2.24. The first-order chi connectivity index (χ1) is 14.9. The molecule has 2 heterocycles. The fraction of sp³-hybridized carbons (Fsp3) is 0.174. The van der Waals surface area contributed by atoms with E-state index in [1.54, 1.807) is 31.2 Å². The average Bonchev–Trinajstić information content (AvgIpc) is 3.24. The molecule has 1 N–H and O–H groups in total. The quantitative estimate of drug-likeness (QED) is 0.493. The third-order valence-electron chi connectivity index (χ3n) is 5.77. The van der Waals surface area contributed by atoms with Gasteiger partial charge in [-0.2, -0.15) is 8.78 Å². The Labute approximate surface area is 176 Å². The first kappa shape index (κ1) is 19.2. The highest BCUT2D eigenvalue weighted by atomic mass is 19.3. The van der Waals surface area contributed by atoms with Gasteiger partial charge in [0.05, 0.1) is 17.6 Å². The molecule has 8 heteroatoms. The van der Waals surface area contributed by atoms with Crippen molar-refractivity contribution in [3.8, 4) is 0 Å². The van der Waals surface area contributed by atoms with Crippen molar-refractivity contribution in [3.05, 3.63) is 78.1 Å². The van der Waals surface area contributed by atoms with Gasteiger partial charge in [0.2, 0.25) is 0 Å². The van der Waals surface area contributed by atoms with Crippen LogP contribution in [0.15, 0.2) is 66.7 Å². The first-order valence-electron chi connectivity index (χ1n) is 9.76. The van der Waals surface area contributed by atoms with Gasteiger partial charge in [0.25, 0.3) is 5.91 Å². The second-order valence-electron chi connectivity index (χ2n) is 7.64. The highest BCUT2D eigenvalue weighted by Gasteiger charge is 2.50. The Morgan fingerprint density at radius 1 is 1.00 bits per heavy atom. The Kier molecular flexibility index (Phi) is 4.25. The summed E-state index contributed by atoms with van der Waals surface area (Å²) < 4.78 is 28.3. The van der Waals surface area contributed by atoms with Gasteiger partial charge in [0, 0.05) is 0 Å². The largest absolute Gasteiger partial charge is 0.325 e. The Bertz CT molecular complexity index is 1340. The summed E-state index contributed by atoms with van der Waals surface area (Å²) in [6.45, 7) is -1.58. The fourth-order valence-corrected chi connectivity index (χ4v) is 4.25. The number of aromatic nitrogens is 2. The number of hydrogen-bond acceptors (Lipinski definition) is 3. The summed E-state index contributed by atoms with van der Waals surface area (Å²) in [5.41, 5.74) is -0.0496. The number of carbonyl (C=O) groups excluding carboxylic acids is 2. The van der Waals surface area contributed by atoms with Crippen LogP contribution < -0.4 is 5.32 Å². The molecule has 0 radical (unpaired) electrons. The van der Waals surface area contributed by atoms with Gasteiger partial charge in [-0.25, -0.2) is 9.78 Å². The predicted molar refractivity (Wildman–Crippen MR) is 111 cm³/mol. The Morgan fingerprint density at radius 2 is 1.71 bits per heavy atom. The Hall–Kier alpha value is -3.81. The molecule has 1 aromatic heterocycles. The molecule has 5 rings (SSSR count). The van der Waals surface area contributed by atoms with E-state index in [-0.39, 0.29) is 17.9 Å². The highest BCUT2D eigenvalue weighted by Crippen LogP contribution is 2.35. The van der Waals surface area contributed by atoms with E-state index in [1.165, 1.54) is 6.07 Å². The van der Waals surface area contributed by atoms with E-state index in [0.717, 1.165) is 20.2 Å². The smallest absolute Gasteiger partial charge is 0.319 e. The third-order valence-corrected chi connectivity index (χ3v) is 5.77. The number of fused-ring (bicyclic) bond motifs is 2. The molecule has 1 unspecified atom stereocenters. The molecule has 1 aliphatic rings. The van der Waals surface area contributed by atoms with Crippen LogP contribution in [0.5, 0.6) is 0 Å². The maximum atomic E-state index is 13.8. The molecule has 1 atom stereocenters. The molecule has 4 aromatic rings. The number of benzene rings is 3. The summed E-state index contributed by atoms with van der Waals surface area (Å²) in [7, 11) is 0. The van der Waals surface area contributed by atoms with Crippen molar-refractivity contribution in [2.24, 2.45) is 0 Å². The molecular weight excluding hydrogens is 402 g/mol. The lowest BCUT2D eigenvalue weighted by atomic mass is 9.88. The van der Waals surface area contributed by atoms with Crippen molar-refractivity contribution in [2.75, 3.05) is 0 Å². The summed E-state index contributed by atoms with van der Waals surface area (Å²) in [6.07, 6.45) is 0. The number of urea groups is 1. The highest BCUT2D eigenvalue weighted by molar-refractivity contribution is 6.09. The maximum Gasteiger partial charge on any atom is 0.325 e. The summed E-state index contributed by atoms with van der Waals surface area (Å²) in [6, 6.07) is 18.9. The van der Waals surface area contributed by atoms with Gasteiger partial charge in [0.15, 0.2) is 0 Å². The molecule has 1 aliphatic heterocycles. The van der Waals surface area contributed by atoms with Crippen molar-refractivity contribution in [1.29, 1.82) is 0 Å². The van der Waals surface area contributed by atoms with Crippen molar-refractivity contribution in [1.82, 2.24) is 19.8 Å². The van der Waals surface area contributed by atoms with Gasteiger partial charge in [-0.05, 0) is 35.4 Å². The number of halogens is 2. The number of hydrogen-bond donors (Lipinski definition) is 1. The molecule has 3 aromatic carbocycles. The van der Waals surface area contributed by atoms with Crippen LogP contribution in [0.2, 0.25) is 0 Å². The van der Waals surface area contributed by atoms with Gasteiger partial charge in [0.1, 0.15) is 11.4 Å². The topological polar surface area (TPSA) is 67.2 Å². The molecule has 0 aliphatic carbocycles. The van der Waals surface area contributed by atoms with E-state index >= 15 is 0 Å². The minimum atomic E-state index is -2.85. The average molecular weight is 420 g/mol. The zero-order valence-corrected chi connectivity index (χ0v) is 16.5. The second-order valence-corrected chi connectivity index (χ2v) is 7.64. The molecule has 0 bridgehead atoms. The summed E-state index contributed by atoms with van der Waals surface area (Å²) >= 11 is 0. The number of amides is 3. The van der Waals surface area contributed by atoms with Gasteiger partial charge in [-0.1, -0.05) is 54.6 Å².